The second-order valence-electron chi connectivity index (χ2n) is 4.68. The molecule has 0 bridgehead atoms. The Morgan fingerprint density at radius 2 is 2.18 bits per heavy atom. The first kappa shape index (κ1) is 11.7. The lowest BCUT2D eigenvalue weighted by molar-refractivity contribution is -0.141. The van der Waals surface area contributed by atoms with Crippen LogP contribution < -0.4 is 0 Å². The molecule has 2 aromatic rings. The summed E-state index contributed by atoms with van der Waals surface area (Å²) in [5, 5.41) is 10.2. The maximum Gasteiger partial charge on any atom is 0.306 e. The van der Waals surface area contributed by atoms with Gasteiger partial charge in [-0.2, -0.15) is 0 Å². The highest BCUT2D eigenvalue weighted by atomic mass is 16.4. The van der Waals surface area contributed by atoms with E-state index in [0.717, 1.165) is 11.1 Å². The maximum absolute atomic E-state index is 10.9. The number of aryl methyl sites for hydroxylation is 2. The summed E-state index contributed by atoms with van der Waals surface area (Å²) in [5.41, 5.74) is 3.48. The first-order valence-corrected chi connectivity index (χ1v) is 5.77. The van der Waals surface area contributed by atoms with Crippen molar-refractivity contribution in [2.24, 2.45) is 13.0 Å². The third-order valence-corrected chi connectivity index (χ3v) is 3.23. The summed E-state index contributed by atoms with van der Waals surface area (Å²) in [6.45, 7) is 3.82. The normalized spacial score (nSPS) is 12.9. The van der Waals surface area contributed by atoms with Crippen LogP contribution in [0.15, 0.2) is 24.4 Å². The van der Waals surface area contributed by atoms with Gasteiger partial charge in [0, 0.05) is 18.6 Å². The summed E-state index contributed by atoms with van der Waals surface area (Å²) in [7, 11) is 2.00. The van der Waals surface area contributed by atoms with Crippen LogP contribution in [0, 0.1) is 12.8 Å². The van der Waals surface area contributed by atoms with Crippen LogP contribution >= 0.6 is 0 Å². The van der Waals surface area contributed by atoms with E-state index in [1.807, 2.05) is 19.2 Å². The molecule has 2 rings (SSSR count). The van der Waals surface area contributed by atoms with E-state index in [1.54, 1.807) is 6.92 Å². The lowest BCUT2D eigenvalue weighted by Crippen LogP contribution is -2.12. The molecule has 17 heavy (non-hydrogen) atoms. The van der Waals surface area contributed by atoms with Crippen molar-refractivity contribution in [2.75, 3.05) is 0 Å². The summed E-state index contributed by atoms with van der Waals surface area (Å²) in [4.78, 5) is 10.9. The highest BCUT2D eigenvalue weighted by Crippen LogP contribution is 2.25. The lowest BCUT2D eigenvalue weighted by Gasteiger charge is -2.09. The molecule has 0 radical (unpaired) electrons. The molecule has 0 spiro atoms. The molecule has 0 aliphatic heterocycles. The quantitative estimate of drug-likeness (QED) is 0.882. The Kier molecular flexibility index (Phi) is 2.92. The number of rotatable bonds is 3. The average Bonchev–Trinajstić information content (AvgIpc) is 2.55. The number of hydrogen-bond donors (Lipinski definition) is 1. The molecule has 1 heterocycles. The zero-order valence-corrected chi connectivity index (χ0v) is 10.4. The highest BCUT2D eigenvalue weighted by molar-refractivity contribution is 5.87. The maximum atomic E-state index is 10.9. The van der Waals surface area contributed by atoms with Gasteiger partial charge in [-0.3, -0.25) is 4.79 Å². The fourth-order valence-electron chi connectivity index (χ4n) is 2.33. The number of carbonyl (C=O) groups is 1. The predicted octanol–water partition coefficient (Wildman–Crippen LogP) is 2.75. The van der Waals surface area contributed by atoms with Crippen molar-refractivity contribution in [1.82, 2.24) is 4.57 Å². The van der Waals surface area contributed by atoms with Gasteiger partial charge in [0.2, 0.25) is 0 Å². The highest BCUT2D eigenvalue weighted by Gasteiger charge is 2.15. The van der Waals surface area contributed by atoms with Gasteiger partial charge in [-0.15, -0.1) is 0 Å². The standard InChI is InChI=1S/C14H17NO2/c1-9(14(16)17)7-11-5-4-6-12-10(2)8-15(3)13(11)12/h4-6,8-9H,7H2,1-3H3,(H,16,17). The number of nitrogens with zero attached hydrogens (tertiary/aromatic N) is 1. The van der Waals surface area contributed by atoms with E-state index in [2.05, 4.69) is 23.8 Å². The third kappa shape index (κ3) is 2.05. The summed E-state index contributed by atoms with van der Waals surface area (Å²) in [5.74, 6) is -1.09. The Hall–Kier alpha value is -1.77. The Morgan fingerprint density at radius 1 is 1.47 bits per heavy atom. The molecule has 0 saturated heterocycles. The Morgan fingerprint density at radius 3 is 2.82 bits per heavy atom. The molecule has 1 aromatic heterocycles. The Balaban J connectivity index is 2.51. The minimum Gasteiger partial charge on any atom is -0.481 e. The van der Waals surface area contributed by atoms with E-state index in [0.29, 0.717) is 6.42 Å². The van der Waals surface area contributed by atoms with Gasteiger partial charge in [0.1, 0.15) is 0 Å². The minimum atomic E-state index is -0.743. The second-order valence-corrected chi connectivity index (χ2v) is 4.68. The van der Waals surface area contributed by atoms with E-state index in [4.69, 9.17) is 5.11 Å². The number of carboxylic acids is 1. The molecular formula is C14H17NO2. The van der Waals surface area contributed by atoms with E-state index in [1.165, 1.54) is 10.9 Å². The predicted molar refractivity (Wildman–Crippen MR) is 68.2 cm³/mol. The number of aromatic nitrogens is 1. The number of aliphatic carboxylic acids is 1. The van der Waals surface area contributed by atoms with Crippen LogP contribution in [-0.2, 0) is 18.3 Å². The monoisotopic (exact) mass is 231 g/mol. The number of hydrogen-bond acceptors (Lipinski definition) is 1. The molecular weight excluding hydrogens is 214 g/mol. The van der Waals surface area contributed by atoms with Gasteiger partial charge in [-0.05, 0) is 24.5 Å². The summed E-state index contributed by atoms with van der Waals surface area (Å²) in [6.07, 6.45) is 2.66. The molecule has 1 unspecified atom stereocenters. The van der Waals surface area contributed by atoms with Crippen LogP contribution in [0.1, 0.15) is 18.1 Å². The molecule has 1 N–H and O–H groups in total. The zero-order chi connectivity index (χ0) is 12.6. The molecule has 0 fully saturated rings. The van der Waals surface area contributed by atoms with Gasteiger partial charge in [-0.25, -0.2) is 0 Å². The number of benzene rings is 1. The minimum absolute atomic E-state index is 0.351. The van der Waals surface area contributed by atoms with E-state index >= 15 is 0 Å². The van der Waals surface area contributed by atoms with Crippen molar-refractivity contribution in [2.45, 2.75) is 20.3 Å². The van der Waals surface area contributed by atoms with Crippen molar-refractivity contribution in [3.8, 4) is 0 Å². The molecule has 0 aliphatic carbocycles. The van der Waals surface area contributed by atoms with Gasteiger partial charge in [0.05, 0.1) is 11.4 Å². The fraction of sp³-hybridized carbons (Fsp3) is 0.357. The van der Waals surface area contributed by atoms with Gasteiger partial charge >= 0.3 is 5.97 Å². The van der Waals surface area contributed by atoms with Crippen LogP contribution in [0.5, 0.6) is 0 Å². The van der Waals surface area contributed by atoms with Crippen molar-refractivity contribution >= 4 is 16.9 Å². The van der Waals surface area contributed by atoms with Crippen molar-refractivity contribution in [3.63, 3.8) is 0 Å². The smallest absolute Gasteiger partial charge is 0.306 e. The molecule has 1 aromatic carbocycles. The van der Waals surface area contributed by atoms with E-state index in [9.17, 15) is 4.79 Å². The summed E-state index contributed by atoms with van der Waals surface area (Å²) >= 11 is 0. The topological polar surface area (TPSA) is 42.2 Å². The van der Waals surface area contributed by atoms with Gasteiger partial charge in [-0.1, -0.05) is 25.1 Å². The zero-order valence-electron chi connectivity index (χ0n) is 10.4. The van der Waals surface area contributed by atoms with Crippen LogP contribution in [0.25, 0.3) is 10.9 Å². The third-order valence-electron chi connectivity index (χ3n) is 3.23. The molecule has 3 nitrogen and oxygen atoms in total. The van der Waals surface area contributed by atoms with Gasteiger partial charge in [0.25, 0.3) is 0 Å². The van der Waals surface area contributed by atoms with Gasteiger partial charge < -0.3 is 9.67 Å². The van der Waals surface area contributed by atoms with Crippen molar-refractivity contribution in [3.05, 3.63) is 35.5 Å². The van der Waals surface area contributed by atoms with Gasteiger partial charge in [0.15, 0.2) is 0 Å². The average molecular weight is 231 g/mol. The van der Waals surface area contributed by atoms with Crippen molar-refractivity contribution < 1.29 is 9.90 Å². The van der Waals surface area contributed by atoms with Crippen LogP contribution in [0.2, 0.25) is 0 Å². The number of carboxylic acid groups (broad SMARTS) is 1. The van der Waals surface area contributed by atoms with Crippen LogP contribution in [0.3, 0.4) is 0 Å². The number of para-hydroxylation sites is 1. The first-order chi connectivity index (χ1) is 8.00. The van der Waals surface area contributed by atoms with Crippen molar-refractivity contribution in [1.29, 1.82) is 0 Å². The van der Waals surface area contributed by atoms with Crippen LogP contribution in [-0.4, -0.2) is 15.6 Å². The molecule has 0 aliphatic rings. The molecule has 90 valence electrons. The second kappa shape index (κ2) is 4.24. The Labute approximate surface area is 101 Å². The fourth-order valence-corrected chi connectivity index (χ4v) is 2.33. The first-order valence-electron chi connectivity index (χ1n) is 5.77. The summed E-state index contributed by atoms with van der Waals surface area (Å²) in [6, 6.07) is 6.10. The molecule has 1 atom stereocenters. The van der Waals surface area contributed by atoms with E-state index < -0.39 is 5.97 Å². The molecule has 0 saturated carbocycles. The largest absolute Gasteiger partial charge is 0.481 e. The molecule has 0 amide bonds. The lowest BCUT2D eigenvalue weighted by atomic mass is 9.99. The molecule has 3 heteroatoms. The Bertz CT molecular complexity index is 569. The SMILES string of the molecule is Cc1cn(C)c2c(CC(C)C(=O)O)cccc12. The number of fused-ring (bicyclic) bond motifs is 1. The summed E-state index contributed by atoms with van der Waals surface area (Å²) < 4.78 is 2.08. The van der Waals surface area contributed by atoms with Crippen LogP contribution in [0.4, 0.5) is 0 Å². The van der Waals surface area contributed by atoms with E-state index in [-0.39, 0.29) is 5.92 Å².